The molecular weight excluding hydrogens is 274 g/mol. The van der Waals surface area contributed by atoms with E-state index in [1.807, 2.05) is 0 Å². The van der Waals surface area contributed by atoms with Crippen LogP contribution in [0.4, 0.5) is 0 Å². The van der Waals surface area contributed by atoms with Crippen molar-refractivity contribution >= 4 is 15.9 Å². The maximum atomic E-state index is 12.4. The minimum absolute atomic E-state index is 0.0197. The van der Waals surface area contributed by atoms with Crippen molar-refractivity contribution in [2.45, 2.75) is 18.7 Å². The maximum absolute atomic E-state index is 12.4. The van der Waals surface area contributed by atoms with Crippen LogP contribution in [0.2, 0.25) is 0 Å². The molecule has 0 bridgehead atoms. The fourth-order valence-electron chi connectivity index (χ4n) is 1.62. The molecule has 1 amide bonds. The first-order valence-electron chi connectivity index (χ1n) is 5.51. The zero-order valence-corrected chi connectivity index (χ0v) is 11.9. The van der Waals surface area contributed by atoms with Gasteiger partial charge in [-0.05, 0) is 13.8 Å². The number of rotatable bonds is 7. The van der Waals surface area contributed by atoms with Crippen LogP contribution in [-0.2, 0) is 19.6 Å². The van der Waals surface area contributed by atoms with Gasteiger partial charge in [0.15, 0.2) is 5.76 Å². The van der Waals surface area contributed by atoms with Crippen molar-refractivity contribution in [3.8, 4) is 0 Å². The molecule has 0 saturated carbocycles. The van der Waals surface area contributed by atoms with Crippen LogP contribution < -0.4 is 5.73 Å². The van der Waals surface area contributed by atoms with Gasteiger partial charge in [0.2, 0.25) is 15.9 Å². The van der Waals surface area contributed by atoms with E-state index >= 15 is 0 Å². The van der Waals surface area contributed by atoms with Crippen LogP contribution in [0.25, 0.3) is 0 Å². The van der Waals surface area contributed by atoms with Crippen LogP contribution >= 0.6 is 0 Å². The average molecular weight is 291 g/mol. The summed E-state index contributed by atoms with van der Waals surface area (Å²) in [6.45, 7) is 2.76. The van der Waals surface area contributed by atoms with Gasteiger partial charge in [-0.15, -0.1) is 0 Å². The average Bonchev–Trinajstić information content (AvgIpc) is 2.64. The van der Waals surface area contributed by atoms with Crippen LogP contribution in [0.5, 0.6) is 0 Å². The first-order valence-corrected chi connectivity index (χ1v) is 6.95. The molecule has 0 aromatic carbocycles. The smallest absolute Gasteiger partial charge is 0.249 e. The minimum Gasteiger partial charge on any atom is -0.383 e. The summed E-state index contributed by atoms with van der Waals surface area (Å²) >= 11 is 0. The molecule has 1 heterocycles. The van der Waals surface area contributed by atoms with Crippen molar-refractivity contribution < 1.29 is 22.5 Å². The van der Waals surface area contributed by atoms with Gasteiger partial charge in [-0.25, -0.2) is 8.42 Å². The second kappa shape index (κ2) is 6.13. The van der Waals surface area contributed by atoms with E-state index < -0.39 is 22.5 Å². The number of hydrogen-bond donors (Lipinski definition) is 1. The topological polar surface area (TPSA) is 116 Å². The molecule has 0 atom stereocenters. The first kappa shape index (κ1) is 15.6. The molecule has 9 heteroatoms. The first-order chi connectivity index (χ1) is 8.80. The maximum Gasteiger partial charge on any atom is 0.249 e. The number of nitrogens with two attached hydrogens (primary N) is 1. The molecule has 108 valence electrons. The molecule has 1 rings (SSSR count). The fourth-order valence-corrected chi connectivity index (χ4v) is 3.30. The van der Waals surface area contributed by atoms with E-state index in [9.17, 15) is 13.2 Å². The molecule has 0 aliphatic rings. The zero-order valence-electron chi connectivity index (χ0n) is 11.0. The lowest BCUT2D eigenvalue weighted by Gasteiger charge is -2.19. The third-order valence-corrected chi connectivity index (χ3v) is 4.53. The summed E-state index contributed by atoms with van der Waals surface area (Å²) in [5, 5.41) is 3.60. The zero-order chi connectivity index (χ0) is 14.6. The van der Waals surface area contributed by atoms with E-state index in [1.54, 1.807) is 0 Å². The highest BCUT2D eigenvalue weighted by Crippen LogP contribution is 2.22. The Hall–Kier alpha value is -1.45. The lowest BCUT2D eigenvalue weighted by atomic mass is 10.4. The Kier molecular flexibility index (Phi) is 5.04. The van der Waals surface area contributed by atoms with Crippen LogP contribution in [-0.4, -0.2) is 50.6 Å². The van der Waals surface area contributed by atoms with Crippen LogP contribution in [0, 0.1) is 13.8 Å². The number of nitrogens with zero attached hydrogens (tertiary/aromatic N) is 2. The summed E-state index contributed by atoms with van der Waals surface area (Å²) in [5.41, 5.74) is 5.31. The molecule has 0 spiro atoms. The largest absolute Gasteiger partial charge is 0.383 e. The molecule has 0 radical (unpaired) electrons. The van der Waals surface area contributed by atoms with Crippen molar-refractivity contribution in [2.24, 2.45) is 5.73 Å². The van der Waals surface area contributed by atoms with Crippen LogP contribution in [0.3, 0.4) is 0 Å². The second-order valence-electron chi connectivity index (χ2n) is 3.95. The molecular formula is C10H17N3O5S. The molecule has 19 heavy (non-hydrogen) atoms. The van der Waals surface area contributed by atoms with Gasteiger partial charge < -0.3 is 15.0 Å². The quantitative estimate of drug-likeness (QED) is 0.718. The number of sulfonamides is 1. The number of carbonyl (C=O) groups excluding carboxylic acids is 1. The van der Waals surface area contributed by atoms with Crippen LogP contribution in [0.1, 0.15) is 11.5 Å². The molecule has 2 N–H and O–H groups in total. The number of hydrogen-bond acceptors (Lipinski definition) is 6. The summed E-state index contributed by atoms with van der Waals surface area (Å²) in [4.78, 5) is 11.0. The molecule has 0 aliphatic carbocycles. The lowest BCUT2D eigenvalue weighted by Crippen LogP contribution is -2.40. The Morgan fingerprint density at radius 3 is 2.53 bits per heavy atom. The van der Waals surface area contributed by atoms with Crippen molar-refractivity contribution in [2.75, 3.05) is 26.8 Å². The highest BCUT2D eigenvalue weighted by molar-refractivity contribution is 7.89. The number of primary amides is 1. The minimum atomic E-state index is -3.89. The Labute approximate surface area is 111 Å². The molecule has 0 unspecified atom stereocenters. The van der Waals surface area contributed by atoms with Gasteiger partial charge in [0, 0.05) is 13.7 Å². The predicted molar refractivity (Wildman–Crippen MR) is 65.8 cm³/mol. The normalized spacial score (nSPS) is 12.0. The van der Waals surface area contributed by atoms with Crippen molar-refractivity contribution in [1.82, 2.24) is 9.46 Å². The molecule has 8 nitrogen and oxygen atoms in total. The molecule has 0 aliphatic heterocycles. The Bertz CT molecular complexity index is 532. The van der Waals surface area contributed by atoms with Crippen molar-refractivity contribution in [1.29, 1.82) is 0 Å². The predicted octanol–water partition coefficient (Wildman–Crippen LogP) is -0.586. The number of aromatic nitrogens is 1. The van der Waals surface area contributed by atoms with E-state index in [0.29, 0.717) is 0 Å². The van der Waals surface area contributed by atoms with Gasteiger partial charge in [0.25, 0.3) is 0 Å². The van der Waals surface area contributed by atoms with Gasteiger partial charge in [-0.1, -0.05) is 5.16 Å². The van der Waals surface area contributed by atoms with Crippen molar-refractivity contribution in [3.05, 3.63) is 11.5 Å². The lowest BCUT2D eigenvalue weighted by molar-refractivity contribution is -0.118. The SMILES string of the molecule is COCCN(CC(N)=O)S(=O)(=O)c1c(C)noc1C. The molecule has 1 aromatic heterocycles. The van der Waals surface area contributed by atoms with E-state index in [4.69, 9.17) is 15.0 Å². The molecule has 1 aromatic rings. The fraction of sp³-hybridized carbons (Fsp3) is 0.600. The number of amides is 1. The van der Waals surface area contributed by atoms with Gasteiger partial charge in [-0.3, -0.25) is 4.79 Å². The highest BCUT2D eigenvalue weighted by atomic mass is 32.2. The summed E-state index contributed by atoms with van der Waals surface area (Å²) in [5.74, 6) is -0.573. The number of ether oxygens (including phenoxy) is 1. The van der Waals surface area contributed by atoms with Gasteiger partial charge in [0.05, 0.1) is 13.2 Å². The van der Waals surface area contributed by atoms with Crippen LogP contribution in [0.15, 0.2) is 9.42 Å². The van der Waals surface area contributed by atoms with E-state index in [0.717, 1.165) is 4.31 Å². The third kappa shape index (κ3) is 3.52. The number of carbonyl (C=O) groups is 1. The Morgan fingerprint density at radius 2 is 2.11 bits per heavy atom. The monoisotopic (exact) mass is 291 g/mol. The second-order valence-corrected chi connectivity index (χ2v) is 5.83. The summed E-state index contributed by atoms with van der Waals surface area (Å²) in [6, 6.07) is 0. The van der Waals surface area contributed by atoms with E-state index in [1.165, 1.54) is 21.0 Å². The van der Waals surface area contributed by atoms with E-state index in [-0.39, 0.29) is 29.5 Å². The number of aryl methyl sites for hydroxylation is 2. The standard InChI is InChI=1S/C10H17N3O5S/c1-7-10(8(2)18-12-7)19(15,16)13(4-5-17-3)6-9(11)14/h4-6H2,1-3H3,(H2,11,14). The Balaban J connectivity index is 3.15. The summed E-state index contributed by atoms with van der Waals surface area (Å²) in [7, 11) is -2.45. The summed E-state index contributed by atoms with van der Waals surface area (Å²) < 4.78 is 35.5. The van der Waals surface area contributed by atoms with Gasteiger partial charge >= 0.3 is 0 Å². The Morgan fingerprint density at radius 1 is 1.47 bits per heavy atom. The van der Waals surface area contributed by atoms with Gasteiger partial charge in [0.1, 0.15) is 10.6 Å². The van der Waals surface area contributed by atoms with E-state index in [2.05, 4.69) is 5.16 Å². The third-order valence-electron chi connectivity index (χ3n) is 2.44. The highest BCUT2D eigenvalue weighted by Gasteiger charge is 2.31. The number of methoxy groups -OCH3 is 1. The summed E-state index contributed by atoms with van der Waals surface area (Å²) in [6.07, 6.45) is 0. The molecule has 0 fully saturated rings. The molecule has 0 saturated heterocycles. The van der Waals surface area contributed by atoms with Crippen molar-refractivity contribution in [3.63, 3.8) is 0 Å². The van der Waals surface area contributed by atoms with Gasteiger partial charge in [-0.2, -0.15) is 4.31 Å².